The number of carbonyl (C=O) groups excluding carboxylic acids is 1. The van der Waals surface area contributed by atoms with Crippen molar-refractivity contribution in [1.29, 1.82) is 0 Å². The molecule has 28 heavy (non-hydrogen) atoms. The predicted octanol–water partition coefficient (Wildman–Crippen LogP) is 3.94. The first-order chi connectivity index (χ1) is 13.5. The monoisotopic (exact) mass is 392 g/mol. The maximum absolute atomic E-state index is 13.0. The maximum atomic E-state index is 13.0. The summed E-state index contributed by atoms with van der Waals surface area (Å²) < 4.78 is 28.7. The van der Waals surface area contributed by atoms with Crippen molar-refractivity contribution in [2.24, 2.45) is 5.92 Å². The highest BCUT2D eigenvalue weighted by atomic mass is 32.2. The molecule has 1 aliphatic carbocycles. The number of benzene rings is 3. The molecule has 1 heterocycles. The van der Waals surface area contributed by atoms with E-state index in [1.54, 1.807) is 24.3 Å². The molecule has 0 saturated heterocycles. The molecule has 0 radical (unpaired) electrons. The van der Waals surface area contributed by atoms with E-state index < -0.39 is 10.0 Å². The zero-order valence-corrected chi connectivity index (χ0v) is 16.1. The first-order valence-corrected chi connectivity index (χ1v) is 11.0. The van der Waals surface area contributed by atoms with E-state index in [2.05, 4.69) is 4.72 Å². The number of sulfonamides is 1. The second-order valence-corrected chi connectivity index (χ2v) is 9.12. The third kappa shape index (κ3) is 2.94. The molecule has 0 spiro atoms. The highest BCUT2D eigenvalue weighted by Crippen LogP contribution is 2.37. The van der Waals surface area contributed by atoms with Crippen molar-refractivity contribution in [2.75, 3.05) is 16.2 Å². The quantitative estimate of drug-likeness (QED) is 0.731. The number of hydrogen-bond donors (Lipinski definition) is 1. The van der Waals surface area contributed by atoms with Crippen LogP contribution in [0, 0.1) is 5.92 Å². The average Bonchev–Trinajstić information content (AvgIpc) is 3.46. The zero-order valence-electron chi connectivity index (χ0n) is 15.3. The molecule has 5 nitrogen and oxygen atoms in total. The van der Waals surface area contributed by atoms with E-state index in [1.165, 1.54) is 0 Å². The summed E-state index contributed by atoms with van der Waals surface area (Å²) in [5.74, 6) is 0.325. The molecular weight excluding hydrogens is 372 g/mol. The van der Waals surface area contributed by atoms with E-state index in [0.29, 0.717) is 18.7 Å². The molecule has 1 amide bonds. The summed E-state index contributed by atoms with van der Waals surface area (Å²) in [6.45, 7) is 0.630. The molecule has 1 saturated carbocycles. The standard InChI is InChI=1S/C22H20N2O3S/c25-22(16-8-9-16)24-13-12-17-14-18(10-11-21(17)24)28(26,27)23-20-7-3-5-15-4-1-2-6-19(15)20/h1-7,10-11,14,16,23H,8-9,12-13H2. The van der Waals surface area contributed by atoms with Gasteiger partial charge in [-0.3, -0.25) is 9.52 Å². The molecule has 142 valence electrons. The summed E-state index contributed by atoms with van der Waals surface area (Å²) in [5, 5.41) is 1.84. The number of fused-ring (bicyclic) bond motifs is 2. The molecule has 1 N–H and O–H groups in total. The molecule has 0 bridgehead atoms. The van der Waals surface area contributed by atoms with Crippen molar-refractivity contribution in [3.05, 3.63) is 66.2 Å². The first-order valence-electron chi connectivity index (χ1n) is 9.48. The lowest BCUT2D eigenvalue weighted by Gasteiger charge is -2.17. The van der Waals surface area contributed by atoms with Gasteiger partial charge in [0.25, 0.3) is 10.0 Å². The number of nitrogens with zero attached hydrogens (tertiary/aromatic N) is 1. The first kappa shape index (κ1) is 17.3. The second kappa shape index (κ2) is 6.34. The minimum Gasteiger partial charge on any atom is -0.312 e. The van der Waals surface area contributed by atoms with Gasteiger partial charge in [0.15, 0.2) is 0 Å². The topological polar surface area (TPSA) is 66.5 Å². The number of anilines is 2. The molecule has 1 fully saturated rings. The van der Waals surface area contributed by atoms with Gasteiger partial charge in [-0.1, -0.05) is 36.4 Å². The van der Waals surface area contributed by atoms with E-state index in [-0.39, 0.29) is 16.7 Å². The van der Waals surface area contributed by atoms with Crippen LogP contribution in [0.2, 0.25) is 0 Å². The molecule has 1 aliphatic heterocycles. The van der Waals surface area contributed by atoms with Gasteiger partial charge in [0.05, 0.1) is 10.6 Å². The number of hydrogen-bond acceptors (Lipinski definition) is 3. The Morgan fingerprint density at radius 1 is 1.00 bits per heavy atom. The van der Waals surface area contributed by atoms with Crippen LogP contribution in [0.15, 0.2) is 65.6 Å². The number of rotatable bonds is 4. The van der Waals surface area contributed by atoms with E-state index in [9.17, 15) is 13.2 Å². The maximum Gasteiger partial charge on any atom is 0.261 e. The van der Waals surface area contributed by atoms with Gasteiger partial charge in [-0.15, -0.1) is 0 Å². The van der Waals surface area contributed by atoms with E-state index in [1.807, 2.05) is 41.3 Å². The van der Waals surface area contributed by atoms with E-state index in [4.69, 9.17) is 0 Å². The highest BCUT2D eigenvalue weighted by molar-refractivity contribution is 7.92. The average molecular weight is 392 g/mol. The fourth-order valence-electron chi connectivity index (χ4n) is 3.84. The molecule has 3 aromatic rings. The van der Waals surface area contributed by atoms with Crippen molar-refractivity contribution < 1.29 is 13.2 Å². The van der Waals surface area contributed by atoms with Crippen molar-refractivity contribution in [3.8, 4) is 0 Å². The van der Waals surface area contributed by atoms with Crippen LogP contribution >= 0.6 is 0 Å². The number of carbonyl (C=O) groups is 1. The van der Waals surface area contributed by atoms with Crippen molar-refractivity contribution in [2.45, 2.75) is 24.2 Å². The van der Waals surface area contributed by atoms with Gasteiger partial charge in [0.2, 0.25) is 5.91 Å². The SMILES string of the molecule is O=C(C1CC1)N1CCc2cc(S(=O)(=O)Nc3cccc4ccccc34)ccc21. The van der Waals surface area contributed by atoms with E-state index in [0.717, 1.165) is 34.9 Å². The largest absolute Gasteiger partial charge is 0.312 e. The lowest BCUT2D eigenvalue weighted by Crippen LogP contribution is -2.30. The summed E-state index contributed by atoms with van der Waals surface area (Å²) in [7, 11) is -3.72. The zero-order chi connectivity index (χ0) is 19.3. The van der Waals surface area contributed by atoms with E-state index >= 15 is 0 Å². The van der Waals surface area contributed by atoms with Crippen LogP contribution in [0.5, 0.6) is 0 Å². The van der Waals surface area contributed by atoms with Crippen LogP contribution in [0.1, 0.15) is 18.4 Å². The highest BCUT2D eigenvalue weighted by Gasteiger charge is 2.36. The summed E-state index contributed by atoms with van der Waals surface area (Å²) in [4.78, 5) is 14.4. The third-order valence-corrected chi connectivity index (χ3v) is 6.85. The Balaban J connectivity index is 1.46. The molecule has 0 aromatic heterocycles. The van der Waals surface area contributed by atoms with Crippen LogP contribution in [0.3, 0.4) is 0 Å². The second-order valence-electron chi connectivity index (χ2n) is 7.44. The van der Waals surface area contributed by atoms with Crippen LogP contribution in [-0.4, -0.2) is 20.9 Å². The van der Waals surface area contributed by atoms with Crippen molar-refractivity contribution >= 4 is 38.1 Å². The fraction of sp³-hybridized carbons (Fsp3) is 0.227. The Bertz CT molecular complexity index is 1190. The van der Waals surface area contributed by atoms with Crippen LogP contribution in [0.25, 0.3) is 10.8 Å². The normalized spacial score (nSPS) is 16.2. The summed E-state index contributed by atoms with van der Waals surface area (Å²) in [5.41, 5.74) is 2.32. The molecule has 0 atom stereocenters. The van der Waals surface area contributed by atoms with Gasteiger partial charge in [-0.05, 0) is 54.5 Å². The van der Waals surface area contributed by atoms with Gasteiger partial charge in [0.1, 0.15) is 0 Å². The minimum atomic E-state index is -3.72. The summed E-state index contributed by atoms with van der Waals surface area (Å²) in [6.07, 6.45) is 2.61. The van der Waals surface area contributed by atoms with Crippen molar-refractivity contribution in [1.82, 2.24) is 0 Å². The molecule has 0 unspecified atom stereocenters. The Labute approximate surface area is 164 Å². The Hall–Kier alpha value is -2.86. The molecule has 3 aromatic carbocycles. The van der Waals surface area contributed by atoms with Gasteiger partial charge in [0, 0.05) is 23.5 Å². The Morgan fingerprint density at radius 3 is 2.61 bits per heavy atom. The third-order valence-electron chi connectivity index (χ3n) is 5.48. The van der Waals surface area contributed by atoms with Gasteiger partial charge in [-0.2, -0.15) is 0 Å². The Kier molecular flexibility index (Phi) is 3.91. The molecular formula is C22H20N2O3S. The van der Waals surface area contributed by atoms with Crippen LogP contribution in [-0.2, 0) is 21.2 Å². The van der Waals surface area contributed by atoms with Crippen LogP contribution in [0.4, 0.5) is 11.4 Å². The smallest absolute Gasteiger partial charge is 0.261 e. The molecule has 6 heteroatoms. The lowest BCUT2D eigenvalue weighted by atomic mass is 10.1. The number of nitrogens with one attached hydrogen (secondary N) is 1. The predicted molar refractivity (Wildman–Crippen MR) is 110 cm³/mol. The summed E-state index contributed by atoms with van der Waals surface area (Å²) in [6, 6.07) is 18.3. The number of amides is 1. The van der Waals surface area contributed by atoms with Gasteiger partial charge >= 0.3 is 0 Å². The minimum absolute atomic E-state index is 0.155. The molecule has 5 rings (SSSR count). The van der Waals surface area contributed by atoms with Crippen LogP contribution < -0.4 is 9.62 Å². The van der Waals surface area contributed by atoms with Crippen molar-refractivity contribution in [3.63, 3.8) is 0 Å². The summed E-state index contributed by atoms with van der Waals surface area (Å²) >= 11 is 0. The lowest BCUT2D eigenvalue weighted by molar-refractivity contribution is -0.119. The molecule has 2 aliphatic rings. The Morgan fingerprint density at radius 2 is 1.79 bits per heavy atom. The fourth-order valence-corrected chi connectivity index (χ4v) is 4.97. The van der Waals surface area contributed by atoms with Gasteiger partial charge < -0.3 is 4.90 Å². The van der Waals surface area contributed by atoms with Gasteiger partial charge in [-0.25, -0.2) is 8.42 Å².